The van der Waals surface area contributed by atoms with Gasteiger partial charge in [-0.3, -0.25) is 4.98 Å². The normalized spacial score (nSPS) is 10.9. The Morgan fingerprint density at radius 1 is 0.800 bits per heavy atom. The number of pyridine rings is 1. The lowest BCUT2D eigenvalue weighted by molar-refractivity contribution is 0.301. The van der Waals surface area contributed by atoms with Crippen LogP contribution in [0.1, 0.15) is 23.4 Å². The van der Waals surface area contributed by atoms with Gasteiger partial charge in [-0.1, -0.05) is 18.2 Å². The molecule has 7 nitrogen and oxygen atoms in total. The Balaban J connectivity index is 1.09. The molecule has 0 N–H and O–H groups in total. The molecule has 7 heteroatoms. The van der Waals surface area contributed by atoms with Crippen molar-refractivity contribution >= 4 is 0 Å². The summed E-state index contributed by atoms with van der Waals surface area (Å²) in [5.41, 5.74) is 3.78. The molecule has 0 aliphatic rings. The number of hydrogen-bond donors (Lipinski definition) is 0. The van der Waals surface area contributed by atoms with Crippen LogP contribution in [0.5, 0.6) is 11.5 Å². The molecule has 5 aromatic rings. The Bertz CT molecular complexity index is 1300. The third-order valence-electron chi connectivity index (χ3n) is 5.52. The maximum Gasteiger partial charge on any atom is 0.226 e. The summed E-state index contributed by atoms with van der Waals surface area (Å²) in [5, 5.41) is 0. The van der Waals surface area contributed by atoms with Crippen LogP contribution in [0.4, 0.5) is 0 Å². The average Bonchev–Trinajstić information content (AvgIpc) is 3.61. The molecule has 0 fully saturated rings. The molecule has 0 aliphatic carbocycles. The maximum atomic E-state index is 5.89. The summed E-state index contributed by atoms with van der Waals surface area (Å²) in [6.07, 6.45) is 11.1. The van der Waals surface area contributed by atoms with Gasteiger partial charge >= 0.3 is 0 Å². The molecule has 5 rings (SSSR count). The van der Waals surface area contributed by atoms with Crippen molar-refractivity contribution in [3.63, 3.8) is 0 Å². The number of imidazole rings is 1. The molecular formula is C28H26N4O3. The molecule has 0 aliphatic heterocycles. The molecule has 0 spiro atoms. The molecular weight excluding hydrogens is 440 g/mol. The summed E-state index contributed by atoms with van der Waals surface area (Å²) < 4.78 is 19.4. The van der Waals surface area contributed by atoms with Crippen LogP contribution in [0.3, 0.4) is 0 Å². The van der Waals surface area contributed by atoms with E-state index >= 15 is 0 Å². The van der Waals surface area contributed by atoms with Gasteiger partial charge in [0.2, 0.25) is 5.89 Å². The topological polar surface area (TPSA) is 75.2 Å². The fourth-order valence-corrected chi connectivity index (χ4v) is 3.63. The molecule has 2 aromatic carbocycles. The van der Waals surface area contributed by atoms with Crippen LogP contribution in [0.25, 0.3) is 11.5 Å². The molecule has 0 unspecified atom stereocenters. The lowest BCUT2D eigenvalue weighted by atomic mass is 10.1. The van der Waals surface area contributed by atoms with Gasteiger partial charge in [0.1, 0.15) is 36.7 Å². The molecule has 176 valence electrons. The van der Waals surface area contributed by atoms with Crippen LogP contribution in [0, 0.1) is 0 Å². The van der Waals surface area contributed by atoms with Gasteiger partial charge in [0, 0.05) is 30.7 Å². The molecule has 0 atom stereocenters. The first-order valence-electron chi connectivity index (χ1n) is 11.6. The number of benzene rings is 2. The zero-order valence-electron chi connectivity index (χ0n) is 19.3. The predicted octanol–water partition coefficient (Wildman–Crippen LogP) is 5.72. The van der Waals surface area contributed by atoms with Crippen LogP contribution in [-0.4, -0.2) is 19.5 Å². The van der Waals surface area contributed by atoms with Crippen LogP contribution in [0.2, 0.25) is 0 Å². The Labute approximate surface area is 204 Å². The van der Waals surface area contributed by atoms with Crippen molar-refractivity contribution in [1.82, 2.24) is 19.5 Å². The highest BCUT2D eigenvalue weighted by molar-refractivity contribution is 5.54. The highest BCUT2D eigenvalue weighted by atomic mass is 16.5. The van der Waals surface area contributed by atoms with Gasteiger partial charge in [-0.05, 0) is 66.9 Å². The summed E-state index contributed by atoms with van der Waals surface area (Å²) in [4.78, 5) is 12.9. The lowest BCUT2D eigenvalue weighted by Crippen LogP contribution is -1.98. The van der Waals surface area contributed by atoms with Crippen molar-refractivity contribution in [2.75, 3.05) is 0 Å². The Morgan fingerprint density at radius 3 is 2.29 bits per heavy atom. The van der Waals surface area contributed by atoms with Gasteiger partial charge in [0.15, 0.2) is 0 Å². The summed E-state index contributed by atoms with van der Waals surface area (Å²) in [6.45, 7) is 1.73. The monoisotopic (exact) mass is 466 g/mol. The first-order chi connectivity index (χ1) is 17.3. The average molecular weight is 467 g/mol. The number of rotatable bonds is 11. The highest BCUT2D eigenvalue weighted by Crippen LogP contribution is 2.23. The van der Waals surface area contributed by atoms with Crippen molar-refractivity contribution in [2.24, 2.45) is 0 Å². The van der Waals surface area contributed by atoms with E-state index in [1.807, 2.05) is 67.1 Å². The van der Waals surface area contributed by atoms with Crippen molar-refractivity contribution in [2.45, 2.75) is 32.6 Å². The summed E-state index contributed by atoms with van der Waals surface area (Å²) in [7, 11) is 0. The Hall–Kier alpha value is -4.39. The second-order valence-electron chi connectivity index (χ2n) is 8.11. The van der Waals surface area contributed by atoms with E-state index in [0.29, 0.717) is 19.1 Å². The molecule has 3 heterocycles. The van der Waals surface area contributed by atoms with E-state index in [2.05, 4.69) is 31.7 Å². The van der Waals surface area contributed by atoms with Gasteiger partial charge < -0.3 is 18.5 Å². The molecule has 0 saturated heterocycles. The SMILES string of the molecule is c1ccc(COc2ccc(-c3nc(COc4ccc(CCCn5ccnc5)cc4)co3)cc2)nc1. The van der Waals surface area contributed by atoms with Gasteiger partial charge in [-0.2, -0.15) is 0 Å². The number of nitrogens with zero attached hydrogens (tertiary/aromatic N) is 4. The largest absolute Gasteiger partial charge is 0.487 e. The second kappa shape index (κ2) is 11.2. The molecule has 3 aromatic heterocycles. The first kappa shape index (κ1) is 22.4. The van der Waals surface area contributed by atoms with E-state index < -0.39 is 0 Å². The second-order valence-corrected chi connectivity index (χ2v) is 8.11. The standard InChI is InChI=1S/C28H26N4O3/c1-2-14-30-24(5-1)18-33-27-12-8-23(9-13-27)28-31-25(20-35-28)19-34-26-10-6-22(7-11-26)4-3-16-32-17-15-29-21-32/h1-2,5-15,17,20-21H,3-4,16,18-19H2. The number of ether oxygens (including phenoxy) is 2. The van der Waals surface area contributed by atoms with Gasteiger partial charge in [0.05, 0.1) is 12.0 Å². The molecule has 0 bridgehead atoms. The first-order valence-corrected chi connectivity index (χ1v) is 11.6. The maximum absolute atomic E-state index is 5.89. The quantitative estimate of drug-likeness (QED) is 0.248. The smallest absolute Gasteiger partial charge is 0.226 e. The lowest BCUT2D eigenvalue weighted by Gasteiger charge is -2.06. The third-order valence-corrected chi connectivity index (χ3v) is 5.52. The minimum absolute atomic E-state index is 0.342. The Kier molecular flexibility index (Phi) is 7.14. The Morgan fingerprint density at radius 2 is 1.57 bits per heavy atom. The molecule has 0 saturated carbocycles. The summed E-state index contributed by atoms with van der Waals surface area (Å²) in [5.74, 6) is 2.12. The fraction of sp³-hybridized carbons (Fsp3) is 0.179. The van der Waals surface area contributed by atoms with Crippen LogP contribution in [0.15, 0.2) is 102 Å². The number of aryl methyl sites for hydroxylation is 2. The highest BCUT2D eigenvalue weighted by Gasteiger charge is 2.08. The zero-order valence-corrected chi connectivity index (χ0v) is 19.3. The molecule has 35 heavy (non-hydrogen) atoms. The third kappa shape index (κ3) is 6.35. The summed E-state index contributed by atoms with van der Waals surface area (Å²) >= 11 is 0. The van der Waals surface area contributed by atoms with Crippen molar-refractivity contribution in [1.29, 1.82) is 0 Å². The van der Waals surface area contributed by atoms with E-state index in [9.17, 15) is 0 Å². The van der Waals surface area contributed by atoms with E-state index in [0.717, 1.165) is 47.8 Å². The minimum Gasteiger partial charge on any atom is -0.487 e. The number of aromatic nitrogens is 4. The van der Waals surface area contributed by atoms with Gasteiger partial charge in [-0.15, -0.1) is 0 Å². The van der Waals surface area contributed by atoms with Crippen molar-refractivity contribution < 1.29 is 13.9 Å². The number of oxazole rings is 1. The predicted molar refractivity (Wildman–Crippen MR) is 132 cm³/mol. The van der Waals surface area contributed by atoms with E-state index in [1.165, 1.54) is 5.56 Å². The van der Waals surface area contributed by atoms with E-state index in [4.69, 9.17) is 13.9 Å². The minimum atomic E-state index is 0.342. The van der Waals surface area contributed by atoms with Crippen molar-refractivity contribution in [3.8, 4) is 23.0 Å². The molecule has 0 amide bonds. The van der Waals surface area contributed by atoms with Gasteiger partial charge in [0.25, 0.3) is 0 Å². The molecule has 0 radical (unpaired) electrons. The van der Waals surface area contributed by atoms with Crippen LogP contribution >= 0.6 is 0 Å². The summed E-state index contributed by atoms with van der Waals surface area (Å²) in [6, 6.07) is 21.6. The van der Waals surface area contributed by atoms with Crippen molar-refractivity contribution in [3.05, 3.63) is 115 Å². The van der Waals surface area contributed by atoms with Crippen LogP contribution < -0.4 is 9.47 Å². The number of hydrogen-bond acceptors (Lipinski definition) is 6. The fourth-order valence-electron chi connectivity index (χ4n) is 3.63. The van der Waals surface area contributed by atoms with Gasteiger partial charge in [-0.25, -0.2) is 9.97 Å². The van der Waals surface area contributed by atoms with E-state index in [-0.39, 0.29) is 0 Å². The zero-order chi connectivity index (χ0) is 23.7. The van der Waals surface area contributed by atoms with E-state index in [1.54, 1.807) is 18.7 Å². The van der Waals surface area contributed by atoms with Crippen LogP contribution in [-0.2, 0) is 26.2 Å².